The highest BCUT2D eigenvalue weighted by Gasteiger charge is 2.25. The van der Waals surface area contributed by atoms with Gasteiger partial charge < -0.3 is 9.15 Å². The Labute approximate surface area is 161 Å². The van der Waals surface area contributed by atoms with Crippen molar-refractivity contribution in [3.05, 3.63) is 76.2 Å². The van der Waals surface area contributed by atoms with Crippen LogP contribution in [0.15, 0.2) is 59.0 Å². The van der Waals surface area contributed by atoms with E-state index in [0.717, 1.165) is 5.56 Å². The molecule has 0 aliphatic carbocycles. The van der Waals surface area contributed by atoms with Crippen molar-refractivity contribution in [2.45, 2.75) is 32.3 Å². The van der Waals surface area contributed by atoms with E-state index in [2.05, 4.69) is 10.2 Å². The highest BCUT2D eigenvalue weighted by atomic mass is 16.6. The Morgan fingerprint density at radius 2 is 1.82 bits per heavy atom. The summed E-state index contributed by atoms with van der Waals surface area (Å²) < 4.78 is 11.1. The van der Waals surface area contributed by atoms with Gasteiger partial charge in [0.1, 0.15) is 0 Å². The van der Waals surface area contributed by atoms with Crippen LogP contribution in [0.4, 0.5) is 5.69 Å². The largest absolute Gasteiger partial charge is 0.452 e. The molecule has 0 aliphatic rings. The molecule has 0 spiro atoms. The van der Waals surface area contributed by atoms with Gasteiger partial charge in [0, 0.05) is 17.7 Å². The van der Waals surface area contributed by atoms with E-state index in [4.69, 9.17) is 9.15 Å². The van der Waals surface area contributed by atoms with E-state index in [-0.39, 0.29) is 29.4 Å². The lowest BCUT2D eigenvalue weighted by molar-refractivity contribution is -0.384. The third-order valence-electron chi connectivity index (χ3n) is 4.30. The van der Waals surface area contributed by atoms with Crippen LogP contribution in [0.25, 0.3) is 11.5 Å². The first-order valence-corrected chi connectivity index (χ1v) is 8.83. The van der Waals surface area contributed by atoms with Gasteiger partial charge in [-0.1, -0.05) is 37.3 Å². The number of benzene rings is 2. The number of rotatable bonds is 7. The molecule has 2 atom stereocenters. The van der Waals surface area contributed by atoms with E-state index in [1.54, 1.807) is 6.92 Å². The molecule has 0 radical (unpaired) electrons. The molecule has 28 heavy (non-hydrogen) atoms. The minimum absolute atomic E-state index is 0.0303. The van der Waals surface area contributed by atoms with Gasteiger partial charge in [-0.25, -0.2) is 0 Å². The van der Waals surface area contributed by atoms with Crippen molar-refractivity contribution in [3.63, 3.8) is 0 Å². The van der Waals surface area contributed by atoms with Crippen molar-refractivity contribution < 1.29 is 18.9 Å². The smallest absolute Gasteiger partial charge is 0.314 e. The summed E-state index contributed by atoms with van der Waals surface area (Å²) in [4.78, 5) is 22.8. The first-order valence-electron chi connectivity index (χ1n) is 8.83. The van der Waals surface area contributed by atoms with Crippen molar-refractivity contribution in [2.24, 2.45) is 0 Å². The molecular weight excluding hydrogens is 362 g/mol. The van der Waals surface area contributed by atoms with E-state index < -0.39 is 11.0 Å². The molecule has 0 saturated carbocycles. The molecule has 8 nitrogen and oxygen atoms in total. The lowest BCUT2D eigenvalue weighted by Gasteiger charge is -2.16. The number of nitro groups is 1. The van der Waals surface area contributed by atoms with Crippen molar-refractivity contribution in [2.75, 3.05) is 0 Å². The van der Waals surface area contributed by atoms with Gasteiger partial charge in [-0.2, -0.15) is 0 Å². The van der Waals surface area contributed by atoms with Gasteiger partial charge in [0.05, 0.1) is 10.8 Å². The summed E-state index contributed by atoms with van der Waals surface area (Å²) in [6, 6.07) is 15.2. The van der Waals surface area contributed by atoms with E-state index in [1.165, 1.54) is 24.3 Å². The lowest BCUT2D eigenvalue weighted by atomic mass is 9.97. The van der Waals surface area contributed by atoms with Crippen molar-refractivity contribution in [1.82, 2.24) is 10.2 Å². The summed E-state index contributed by atoms with van der Waals surface area (Å²) in [7, 11) is 0. The predicted molar refractivity (Wildman–Crippen MR) is 100 cm³/mol. The summed E-state index contributed by atoms with van der Waals surface area (Å²) in [5.74, 6) is -0.385. The number of carbonyl (C=O) groups excluding carboxylic acids is 1. The van der Waals surface area contributed by atoms with Gasteiger partial charge in [0.15, 0.2) is 6.10 Å². The van der Waals surface area contributed by atoms with Crippen molar-refractivity contribution in [3.8, 4) is 11.5 Å². The zero-order valence-corrected chi connectivity index (χ0v) is 15.4. The van der Waals surface area contributed by atoms with Gasteiger partial charge in [-0.3, -0.25) is 14.9 Å². The summed E-state index contributed by atoms with van der Waals surface area (Å²) in [5, 5.41) is 18.6. The normalized spacial score (nSPS) is 12.9. The van der Waals surface area contributed by atoms with E-state index >= 15 is 0 Å². The number of hydrogen-bond donors (Lipinski definition) is 0. The molecule has 3 rings (SSSR count). The van der Waals surface area contributed by atoms with Crippen LogP contribution in [0.5, 0.6) is 0 Å². The van der Waals surface area contributed by atoms with Crippen LogP contribution < -0.4 is 0 Å². The predicted octanol–water partition coefficient (Wildman–Crippen LogP) is 4.44. The zero-order chi connectivity index (χ0) is 20.1. The number of aromatic nitrogens is 2. The molecule has 0 saturated heterocycles. The number of ether oxygens (including phenoxy) is 1. The molecule has 1 heterocycles. The Morgan fingerprint density at radius 3 is 2.43 bits per heavy atom. The topological polar surface area (TPSA) is 108 Å². The molecule has 2 aromatic carbocycles. The molecule has 8 heteroatoms. The second kappa shape index (κ2) is 8.43. The highest BCUT2D eigenvalue weighted by Crippen LogP contribution is 2.27. The summed E-state index contributed by atoms with van der Waals surface area (Å²) in [6.45, 7) is 3.58. The number of carbonyl (C=O) groups is 1. The average Bonchev–Trinajstić information content (AvgIpc) is 3.20. The third kappa shape index (κ3) is 4.22. The number of non-ortho nitro benzene ring substituents is 1. The number of hydrogen-bond acceptors (Lipinski definition) is 7. The number of esters is 1. The van der Waals surface area contributed by atoms with Crippen molar-refractivity contribution in [1.29, 1.82) is 0 Å². The quantitative estimate of drug-likeness (QED) is 0.338. The monoisotopic (exact) mass is 381 g/mol. The Hall–Kier alpha value is -3.55. The fourth-order valence-electron chi connectivity index (χ4n) is 2.77. The minimum atomic E-state index is -0.718. The molecular formula is C20H19N3O5. The van der Waals surface area contributed by atoms with Gasteiger partial charge in [-0.05, 0) is 31.0 Å². The standard InChI is InChI=1S/C20H19N3O5/c1-3-17(14-7-5-4-6-8-14)20(24)27-13(2)18-21-22-19(28-18)15-9-11-16(12-10-15)23(25)26/h4-13,17H,3H2,1-2H3/t13-,17-/m1/s1. The molecule has 144 valence electrons. The number of nitro benzene ring substituents is 1. The summed E-state index contributed by atoms with van der Waals surface area (Å²) in [5.41, 5.74) is 1.40. The van der Waals surface area contributed by atoms with Crippen LogP contribution in [-0.2, 0) is 9.53 Å². The molecule has 0 aliphatic heterocycles. The van der Waals surface area contributed by atoms with Crippen LogP contribution in [0, 0.1) is 10.1 Å². The van der Waals surface area contributed by atoms with Gasteiger partial charge in [0.25, 0.3) is 11.6 Å². The van der Waals surface area contributed by atoms with Crippen LogP contribution in [0.1, 0.15) is 43.7 Å². The fourth-order valence-corrected chi connectivity index (χ4v) is 2.77. The van der Waals surface area contributed by atoms with Gasteiger partial charge in [-0.15, -0.1) is 10.2 Å². The molecule has 0 N–H and O–H groups in total. The molecule has 0 bridgehead atoms. The SMILES string of the molecule is CC[C@@H](C(=O)O[C@H](C)c1nnc(-c2ccc([N+](=O)[O-])cc2)o1)c1ccccc1. The second-order valence-corrected chi connectivity index (χ2v) is 6.20. The molecule has 3 aromatic rings. The zero-order valence-electron chi connectivity index (χ0n) is 15.4. The van der Waals surface area contributed by atoms with Crippen LogP contribution in [0.2, 0.25) is 0 Å². The van der Waals surface area contributed by atoms with Crippen molar-refractivity contribution >= 4 is 11.7 Å². The second-order valence-electron chi connectivity index (χ2n) is 6.20. The summed E-state index contributed by atoms with van der Waals surface area (Å²) >= 11 is 0. The lowest BCUT2D eigenvalue weighted by Crippen LogP contribution is -2.17. The maximum atomic E-state index is 12.6. The van der Waals surface area contributed by atoms with E-state index in [0.29, 0.717) is 12.0 Å². The third-order valence-corrected chi connectivity index (χ3v) is 4.30. The first kappa shape index (κ1) is 19.2. The minimum Gasteiger partial charge on any atom is -0.452 e. The Balaban J connectivity index is 1.70. The summed E-state index contributed by atoms with van der Waals surface area (Å²) in [6.07, 6.45) is -0.113. The first-order chi connectivity index (χ1) is 13.5. The molecule has 0 unspecified atom stereocenters. The molecule has 0 fully saturated rings. The maximum Gasteiger partial charge on any atom is 0.314 e. The van der Waals surface area contributed by atoms with E-state index in [1.807, 2.05) is 37.3 Å². The van der Waals surface area contributed by atoms with Gasteiger partial charge >= 0.3 is 5.97 Å². The van der Waals surface area contributed by atoms with Crippen LogP contribution in [-0.4, -0.2) is 21.1 Å². The Morgan fingerprint density at radius 1 is 1.14 bits per heavy atom. The number of nitrogens with zero attached hydrogens (tertiary/aromatic N) is 3. The van der Waals surface area contributed by atoms with Gasteiger partial charge in [0.2, 0.25) is 5.89 Å². The average molecular weight is 381 g/mol. The Kier molecular flexibility index (Phi) is 5.78. The van der Waals surface area contributed by atoms with Crippen LogP contribution >= 0.6 is 0 Å². The maximum absolute atomic E-state index is 12.6. The molecule has 0 amide bonds. The Bertz CT molecular complexity index is 953. The van der Waals surface area contributed by atoms with Crippen LogP contribution in [0.3, 0.4) is 0 Å². The van der Waals surface area contributed by atoms with E-state index in [9.17, 15) is 14.9 Å². The fraction of sp³-hybridized carbons (Fsp3) is 0.250. The highest BCUT2D eigenvalue weighted by molar-refractivity contribution is 5.78. The molecule has 1 aromatic heterocycles.